The van der Waals surface area contributed by atoms with E-state index < -0.39 is 0 Å². The first-order valence-electron chi connectivity index (χ1n) is 10.6. The Bertz CT molecular complexity index is 646. The number of rotatable bonds is 7. The second-order valence-corrected chi connectivity index (χ2v) is 7.33. The number of para-hydroxylation sites is 1. The van der Waals surface area contributed by atoms with Crippen LogP contribution < -0.4 is 15.5 Å². The molecule has 0 radical (unpaired) electrons. The van der Waals surface area contributed by atoms with Crippen LogP contribution in [0.15, 0.2) is 35.3 Å². The lowest BCUT2D eigenvalue weighted by Crippen LogP contribution is -2.49. The second kappa shape index (κ2) is 13.7. The van der Waals surface area contributed by atoms with Gasteiger partial charge in [0.05, 0.1) is 13.2 Å². The van der Waals surface area contributed by atoms with Gasteiger partial charge in [-0.05, 0) is 12.1 Å². The molecular formula is C21H35IN6O2. The fourth-order valence-electron chi connectivity index (χ4n) is 3.68. The molecule has 0 unspecified atom stereocenters. The maximum atomic E-state index is 12.5. The number of guanidine groups is 1. The zero-order valence-corrected chi connectivity index (χ0v) is 20.2. The molecule has 2 N–H and O–H groups in total. The normalized spacial score (nSPS) is 18.0. The fraction of sp³-hybridized carbons (Fsp3) is 0.619. The van der Waals surface area contributed by atoms with E-state index in [-0.39, 0.29) is 29.9 Å². The van der Waals surface area contributed by atoms with E-state index in [9.17, 15) is 4.79 Å². The minimum absolute atomic E-state index is 0. The molecule has 2 heterocycles. The molecule has 0 saturated carbocycles. The molecule has 1 amide bonds. The number of anilines is 1. The monoisotopic (exact) mass is 530 g/mol. The van der Waals surface area contributed by atoms with Gasteiger partial charge in [-0.25, -0.2) is 0 Å². The number of carbonyl (C=O) groups excluding carboxylic acids is 1. The van der Waals surface area contributed by atoms with E-state index in [2.05, 4.69) is 49.7 Å². The number of aliphatic imine (C=N–C) groups is 1. The predicted octanol–water partition coefficient (Wildman–Crippen LogP) is 0.841. The lowest BCUT2D eigenvalue weighted by molar-refractivity contribution is -0.131. The topological polar surface area (TPSA) is 72.4 Å². The van der Waals surface area contributed by atoms with E-state index in [0.717, 1.165) is 71.5 Å². The van der Waals surface area contributed by atoms with Gasteiger partial charge < -0.3 is 25.2 Å². The maximum absolute atomic E-state index is 12.5. The minimum Gasteiger partial charge on any atom is -0.379 e. The Morgan fingerprint density at radius 2 is 1.67 bits per heavy atom. The number of morpholine rings is 1. The van der Waals surface area contributed by atoms with Crippen molar-refractivity contribution in [3.05, 3.63) is 30.3 Å². The van der Waals surface area contributed by atoms with Crippen LogP contribution in [0.2, 0.25) is 0 Å². The zero-order chi connectivity index (χ0) is 20.3. The highest BCUT2D eigenvalue weighted by Crippen LogP contribution is 2.15. The van der Waals surface area contributed by atoms with Crippen LogP contribution in [0.4, 0.5) is 5.69 Å². The molecule has 0 spiro atoms. The number of amides is 1. The van der Waals surface area contributed by atoms with Crippen molar-refractivity contribution in [1.82, 2.24) is 20.4 Å². The van der Waals surface area contributed by atoms with Crippen molar-refractivity contribution in [3.8, 4) is 0 Å². The maximum Gasteiger partial charge on any atom is 0.224 e. The Kier molecular flexibility index (Phi) is 11.2. The number of carbonyl (C=O) groups is 1. The summed E-state index contributed by atoms with van der Waals surface area (Å²) in [6.07, 6.45) is 0.482. The van der Waals surface area contributed by atoms with Crippen molar-refractivity contribution in [1.29, 1.82) is 0 Å². The summed E-state index contributed by atoms with van der Waals surface area (Å²) in [7, 11) is 1.76. The van der Waals surface area contributed by atoms with Gasteiger partial charge in [0.15, 0.2) is 5.96 Å². The molecule has 8 nitrogen and oxygen atoms in total. The van der Waals surface area contributed by atoms with Gasteiger partial charge in [-0.2, -0.15) is 0 Å². The van der Waals surface area contributed by atoms with Crippen molar-refractivity contribution in [3.63, 3.8) is 0 Å². The van der Waals surface area contributed by atoms with Crippen molar-refractivity contribution in [2.24, 2.45) is 4.99 Å². The molecule has 168 valence electrons. The Morgan fingerprint density at radius 1 is 1.00 bits per heavy atom. The number of halogens is 1. The van der Waals surface area contributed by atoms with Crippen LogP contribution >= 0.6 is 24.0 Å². The molecule has 9 heteroatoms. The fourth-order valence-corrected chi connectivity index (χ4v) is 3.68. The Labute approximate surface area is 197 Å². The molecule has 2 aliphatic rings. The third kappa shape index (κ3) is 7.92. The number of ether oxygens (including phenoxy) is 1. The van der Waals surface area contributed by atoms with Crippen LogP contribution in [0.3, 0.4) is 0 Å². The van der Waals surface area contributed by atoms with Crippen molar-refractivity contribution < 1.29 is 9.53 Å². The molecule has 30 heavy (non-hydrogen) atoms. The zero-order valence-electron chi connectivity index (χ0n) is 17.9. The van der Waals surface area contributed by atoms with Gasteiger partial charge in [-0.3, -0.25) is 14.7 Å². The first-order valence-corrected chi connectivity index (χ1v) is 10.6. The molecule has 0 atom stereocenters. The van der Waals surface area contributed by atoms with E-state index in [0.29, 0.717) is 13.0 Å². The van der Waals surface area contributed by atoms with Gasteiger partial charge in [0, 0.05) is 78.1 Å². The summed E-state index contributed by atoms with van der Waals surface area (Å²) in [6.45, 7) is 9.31. The molecule has 3 rings (SSSR count). The average Bonchev–Trinajstić information content (AvgIpc) is 2.79. The van der Waals surface area contributed by atoms with Gasteiger partial charge >= 0.3 is 0 Å². The summed E-state index contributed by atoms with van der Waals surface area (Å²) >= 11 is 0. The quantitative estimate of drug-likeness (QED) is 0.310. The predicted molar refractivity (Wildman–Crippen MR) is 132 cm³/mol. The first-order chi connectivity index (χ1) is 14.3. The van der Waals surface area contributed by atoms with E-state index >= 15 is 0 Å². The molecule has 0 bridgehead atoms. The van der Waals surface area contributed by atoms with Crippen LogP contribution in [0.1, 0.15) is 6.42 Å². The molecule has 2 aliphatic heterocycles. The lowest BCUT2D eigenvalue weighted by atomic mass is 10.2. The summed E-state index contributed by atoms with van der Waals surface area (Å²) in [5.41, 5.74) is 1.23. The SMILES string of the molecule is CN=C(NCCC(=O)N1CCN(c2ccccc2)CC1)NCCN1CCOCC1.I. The first kappa shape index (κ1) is 24.7. The van der Waals surface area contributed by atoms with Crippen molar-refractivity contribution >= 4 is 41.5 Å². The molecule has 1 aromatic rings. The van der Waals surface area contributed by atoms with Crippen LogP contribution in [0.25, 0.3) is 0 Å². The molecule has 0 aromatic heterocycles. The summed E-state index contributed by atoms with van der Waals surface area (Å²) in [5.74, 6) is 0.953. The minimum atomic E-state index is 0. The van der Waals surface area contributed by atoms with E-state index in [4.69, 9.17) is 4.74 Å². The number of nitrogens with zero attached hydrogens (tertiary/aromatic N) is 4. The third-order valence-electron chi connectivity index (χ3n) is 5.43. The van der Waals surface area contributed by atoms with Gasteiger partial charge in [0.1, 0.15) is 0 Å². The largest absolute Gasteiger partial charge is 0.379 e. The average molecular weight is 530 g/mol. The van der Waals surface area contributed by atoms with Crippen LogP contribution in [0.5, 0.6) is 0 Å². The van der Waals surface area contributed by atoms with Gasteiger partial charge in [0.2, 0.25) is 5.91 Å². The highest BCUT2D eigenvalue weighted by molar-refractivity contribution is 14.0. The smallest absolute Gasteiger partial charge is 0.224 e. The Balaban J connectivity index is 0.00000320. The highest BCUT2D eigenvalue weighted by atomic mass is 127. The Hall–Kier alpha value is -1.59. The summed E-state index contributed by atoms with van der Waals surface area (Å²) in [6, 6.07) is 10.4. The van der Waals surface area contributed by atoms with Crippen LogP contribution in [-0.4, -0.2) is 101 Å². The van der Waals surface area contributed by atoms with Gasteiger partial charge in [0.25, 0.3) is 0 Å². The Morgan fingerprint density at radius 3 is 2.33 bits per heavy atom. The third-order valence-corrected chi connectivity index (χ3v) is 5.43. The number of hydrogen-bond acceptors (Lipinski definition) is 5. The highest BCUT2D eigenvalue weighted by Gasteiger charge is 2.20. The molecule has 1 aromatic carbocycles. The standard InChI is InChI=1S/C21H34N6O2.HI/c1-22-21(24-9-10-25-15-17-29-18-16-25)23-8-7-20(28)27-13-11-26(12-14-27)19-5-3-2-4-6-19;/h2-6H,7-18H2,1H3,(H2,22,23,24);1H. The van der Waals surface area contributed by atoms with E-state index in [1.165, 1.54) is 5.69 Å². The van der Waals surface area contributed by atoms with Crippen LogP contribution in [0, 0.1) is 0 Å². The van der Waals surface area contributed by atoms with Crippen molar-refractivity contribution in [2.45, 2.75) is 6.42 Å². The molecule has 2 fully saturated rings. The number of nitrogens with one attached hydrogen (secondary N) is 2. The van der Waals surface area contributed by atoms with E-state index in [1.54, 1.807) is 7.05 Å². The summed E-state index contributed by atoms with van der Waals surface area (Å²) < 4.78 is 5.37. The summed E-state index contributed by atoms with van der Waals surface area (Å²) in [4.78, 5) is 23.4. The molecule has 2 saturated heterocycles. The second-order valence-electron chi connectivity index (χ2n) is 7.33. The lowest BCUT2D eigenvalue weighted by Gasteiger charge is -2.36. The number of benzene rings is 1. The number of hydrogen-bond donors (Lipinski definition) is 2. The molecule has 0 aliphatic carbocycles. The summed E-state index contributed by atoms with van der Waals surface area (Å²) in [5, 5.41) is 6.57. The van der Waals surface area contributed by atoms with Crippen molar-refractivity contribution in [2.75, 3.05) is 84.1 Å². The van der Waals surface area contributed by atoms with E-state index in [1.807, 2.05) is 11.0 Å². The number of piperazine rings is 1. The van der Waals surface area contributed by atoms with Crippen LogP contribution in [-0.2, 0) is 9.53 Å². The van der Waals surface area contributed by atoms with Gasteiger partial charge in [-0.1, -0.05) is 18.2 Å². The van der Waals surface area contributed by atoms with Gasteiger partial charge in [-0.15, -0.1) is 24.0 Å². The molecular weight excluding hydrogens is 495 g/mol.